The summed E-state index contributed by atoms with van der Waals surface area (Å²) >= 11 is 2.09. The zero-order valence-electron chi connectivity index (χ0n) is 5.60. The van der Waals surface area contributed by atoms with E-state index >= 15 is 0 Å². The van der Waals surface area contributed by atoms with Crippen LogP contribution in [0.1, 0.15) is 0 Å². The molecule has 0 saturated carbocycles. The van der Waals surface area contributed by atoms with Crippen molar-refractivity contribution in [3.8, 4) is 5.75 Å². The van der Waals surface area contributed by atoms with Gasteiger partial charge in [0, 0.05) is 5.69 Å². The first-order valence-electron chi connectivity index (χ1n) is 2.87. The van der Waals surface area contributed by atoms with Gasteiger partial charge in [-0.1, -0.05) is 0 Å². The number of hydrogen-bond donors (Lipinski definition) is 1. The first kappa shape index (κ1) is 7.65. The van der Waals surface area contributed by atoms with Crippen LogP contribution in [0.3, 0.4) is 0 Å². The topological polar surface area (TPSA) is 21.3 Å². The maximum absolute atomic E-state index is 4.98. The van der Waals surface area contributed by atoms with Crippen LogP contribution in [0.5, 0.6) is 5.75 Å². The highest BCUT2D eigenvalue weighted by Crippen LogP contribution is 2.15. The predicted molar refractivity (Wildman–Crippen MR) is 50.6 cm³/mol. The zero-order chi connectivity index (χ0) is 7.40. The molecule has 10 heavy (non-hydrogen) atoms. The number of anilines is 1. The Morgan fingerprint density at radius 1 is 1.30 bits per heavy atom. The number of benzene rings is 1. The van der Waals surface area contributed by atoms with E-state index in [0.717, 1.165) is 11.4 Å². The molecule has 3 heteroatoms. The molecule has 1 aromatic rings. The standard InChI is InChI=1S/C7H8INO/c1-10-7-4-2-6(9-8)3-5-7/h2-5,9H,1H3. The minimum Gasteiger partial charge on any atom is -0.497 e. The fourth-order valence-electron chi connectivity index (χ4n) is 0.654. The van der Waals surface area contributed by atoms with Crippen LogP contribution in [0.25, 0.3) is 0 Å². The summed E-state index contributed by atoms with van der Waals surface area (Å²) in [6, 6.07) is 7.76. The van der Waals surface area contributed by atoms with E-state index in [1.54, 1.807) is 7.11 Å². The molecule has 54 valence electrons. The lowest BCUT2D eigenvalue weighted by Gasteiger charge is -1.99. The van der Waals surface area contributed by atoms with Crippen LogP contribution in [0.2, 0.25) is 0 Å². The van der Waals surface area contributed by atoms with Crippen LogP contribution in [0, 0.1) is 0 Å². The van der Waals surface area contributed by atoms with E-state index in [0.29, 0.717) is 0 Å². The maximum atomic E-state index is 4.98. The largest absolute Gasteiger partial charge is 0.497 e. The molecule has 0 unspecified atom stereocenters. The summed E-state index contributed by atoms with van der Waals surface area (Å²) in [6.07, 6.45) is 0. The molecule has 0 aromatic heterocycles. The number of nitrogens with one attached hydrogen (secondary N) is 1. The molecular formula is C7H8INO. The lowest BCUT2D eigenvalue weighted by Crippen LogP contribution is -1.82. The third kappa shape index (κ3) is 1.76. The highest BCUT2D eigenvalue weighted by atomic mass is 127. The van der Waals surface area contributed by atoms with Crippen molar-refractivity contribution >= 4 is 28.6 Å². The molecule has 0 spiro atoms. The first-order valence-corrected chi connectivity index (χ1v) is 3.95. The fourth-order valence-corrected chi connectivity index (χ4v) is 1.01. The maximum Gasteiger partial charge on any atom is 0.119 e. The van der Waals surface area contributed by atoms with E-state index in [9.17, 15) is 0 Å². The van der Waals surface area contributed by atoms with Gasteiger partial charge in [-0.15, -0.1) is 0 Å². The molecule has 1 N–H and O–H groups in total. The average Bonchev–Trinajstić information content (AvgIpc) is 2.05. The van der Waals surface area contributed by atoms with Gasteiger partial charge in [-0.25, -0.2) is 0 Å². The van der Waals surface area contributed by atoms with Gasteiger partial charge < -0.3 is 8.27 Å². The van der Waals surface area contributed by atoms with E-state index in [2.05, 4.69) is 26.4 Å². The second kappa shape index (κ2) is 3.65. The van der Waals surface area contributed by atoms with Gasteiger partial charge in [0.05, 0.1) is 30.0 Å². The highest BCUT2D eigenvalue weighted by Gasteiger charge is 1.89. The Morgan fingerprint density at radius 2 is 1.90 bits per heavy atom. The summed E-state index contributed by atoms with van der Waals surface area (Å²) in [4.78, 5) is 0. The van der Waals surface area contributed by atoms with E-state index in [-0.39, 0.29) is 0 Å². The smallest absolute Gasteiger partial charge is 0.119 e. The van der Waals surface area contributed by atoms with E-state index in [1.807, 2.05) is 24.3 Å². The molecule has 0 aliphatic carbocycles. The highest BCUT2D eigenvalue weighted by molar-refractivity contribution is 14.1. The van der Waals surface area contributed by atoms with Gasteiger partial charge in [-0.2, -0.15) is 0 Å². The molecule has 2 nitrogen and oxygen atoms in total. The molecule has 1 rings (SSSR count). The molecule has 0 aliphatic rings. The lowest BCUT2D eigenvalue weighted by atomic mass is 10.3. The Bertz CT molecular complexity index is 174. The Kier molecular flexibility index (Phi) is 2.80. The summed E-state index contributed by atoms with van der Waals surface area (Å²) in [5.41, 5.74) is 1.08. The van der Waals surface area contributed by atoms with Crippen molar-refractivity contribution in [1.29, 1.82) is 0 Å². The number of halogens is 1. The van der Waals surface area contributed by atoms with Gasteiger partial charge in [0.2, 0.25) is 0 Å². The summed E-state index contributed by atoms with van der Waals surface area (Å²) in [6.45, 7) is 0. The number of rotatable bonds is 2. The second-order valence-electron chi connectivity index (χ2n) is 1.82. The van der Waals surface area contributed by atoms with E-state index in [1.165, 1.54) is 0 Å². The first-order chi connectivity index (χ1) is 4.86. The van der Waals surface area contributed by atoms with Crippen LogP contribution >= 0.6 is 22.9 Å². The molecule has 0 fully saturated rings. The van der Waals surface area contributed by atoms with Crippen molar-refractivity contribution in [2.24, 2.45) is 0 Å². The molecule has 0 bridgehead atoms. The van der Waals surface area contributed by atoms with Gasteiger partial charge >= 0.3 is 0 Å². The van der Waals surface area contributed by atoms with Crippen molar-refractivity contribution in [1.82, 2.24) is 0 Å². The molecule has 0 heterocycles. The van der Waals surface area contributed by atoms with E-state index < -0.39 is 0 Å². The monoisotopic (exact) mass is 249 g/mol. The predicted octanol–water partition coefficient (Wildman–Crippen LogP) is 2.46. The minimum atomic E-state index is 0.885. The summed E-state index contributed by atoms with van der Waals surface area (Å²) in [7, 11) is 1.66. The van der Waals surface area contributed by atoms with Crippen LogP contribution in [0.15, 0.2) is 24.3 Å². The van der Waals surface area contributed by atoms with Crippen molar-refractivity contribution < 1.29 is 4.74 Å². The summed E-state index contributed by atoms with van der Waals surface area (Å²) in [5, 5.41) is 0. The molecule has 1 aromatic carbocycles. The van der Waals surface area contributed by atoms with Crippen molar-refractivity contribution in [3.63, 3.8) is 0 Å². The minimum absolute atomic E-state index is 0.885. The van der Waals surface area contributed by atoms with Gasteiger partial charge in [-0.3, -0.25) is 0 Å². The van der Waals surface area contributed by atoms with Crippen LogP contribution < -0.4 is 8.27 Å². The van der Waals surface area contributed by atoms with Crippen LogP contribution in [0.4, 0.5) is 5.69 Å². The Hall–Kier alpha value is -0.450. The van der Waals surface area contributed by atoms with Crippen molar-refractivity contribution in [3.05, 3.63) is 24.3 Å². The van der Waals surface area contributed by atoms with Gasteiger partial charge in [0.15, 0.2) is 0 Å². The summed E-state index contributed by atoms with van der Waals surface area (Å²) in [5.74, 6) is 0.885. The number of ether oxygens (including phenoxy) is 1. The number of methoxy groups -OCH3 is 1. The number of hydrogen-bond acceptors (Lipinski definition) is 2. The van der Waals surface area contributed by atoms with Crippen LogP contribution in [-0.4, -0.2) is 7.11 Å². The summed E-state index contributed by atoms with van der Waals surface area (Å²) < 4.78 is 7.98. The molecule has 0 radical (unpaired) electrons. The molecule has 0 saturated heterocycles. The SMILES string of the molecule is COc1ccc(NI)cc1. The second-order valence-corrected chi connectivity index (χ2v) is 2.36. The molecule has 0 amide bonds. The van der Waals surface area contributed by atoms with Gasteiger partial charge in [0.25, 0.3) is 0 Å². The quantitative estimate of drug-likeness (QED) is 0.642. The average molecular weight is 249 g/mol. The van der Waals surface area contributed by atoms with Crippen LogP contribution in [-0.2, 0) is 0 Å². The third-order valence-corrected chi connectivity index (χ3v) is 1.82. The third-order valence-electron chi connectivity index (χ3n) is 1.20. The molecule has 0 atom stereocenters. The van der Waals surface area contributed by atoms with Crippen molar-refractivity contribution in [2.45, 2.75) is 0 Å². The Morgan fingerprint density at radius 3 is 2.30 bits per heavy atom. The van der Waals surface area contributed by atoms with Gasteiger partial charge in [0.1, 0.15) is 5.75 Å². The normalized spacial score (nSPS) is 9.00. The lowest BCUT2D eigenvalue weighted by molar-refractivity contribution is 0.415. The fraction of sp³-hybridized carbons (Fsp3) is 0.143. The molecule has 0 aliphatic heterocycles. The zero-order valence-corrected chi connectivity index (χ0v) is 7.75. The molecular weight excluding hydrogens is 241 g/mol. The Labute approximate surface area is 74.1 Å². The van der Waals surface area contributed by atoms with E-state index in [4.69, 9.17) is 4.74 Å². The van der Waals surface area contributed by atoms with Gasteiger partial charge in [-0.05, 0) is 24.3 Å². The Balaban J connectivity index is 2.80. The van der Waals surface area contributed by atoms with Crippen molar-refractivity contribution in [2.75, 3.05) is 10.6 Å².